The lowest BCUT2D eigenvalue weighted by atomic mass is 10.1. The lowest BCUT2D eigenvalue weighted by Gasteiger charge is -2.18. The van der Waals surface area contributed by atoms with E-state index in [9.17, 15) is 29.7 Å². The van der Waals surface area contributed by atoms with Gasteiger partial charge in [-0.15, -0.1) is 0 Å². The molecule has 0 aliphatic rings. The summed E-state index contributed by atoms with van der Waals surface area (Å²) in [5.74, 6) is -1.07. The fraction of sp³-hybridized carbons (Fsp3) is 0.737. The van der Waals surface area contributed by atoms with Crippen molar-refractivity contribution in [1.29, 1.82) is 0 Å². The highest BCUT2D eigenvalue weighted by molar-refractivity contribution is 5.71. The van der Waals surface area contributed by atoms with Crippen LogP contribution in [0.2, 0.25) is 0 Å². The molecule has 9 nitrogen and oxygen atoms in total. The molecule has 66 heavy (non-hydrogen) atoms. The number of rotatable bonds is 47. The van der Waals surface area contributed by atoms with Crippen LogP contribution in [-0.4, -0.2) is 70.9 Å². The second-order valence-electron chi connectivity index (χ2n) is 18.0. The molecule has 4 unspecified atom stereocenters. The third-order valence-electron chi connectivity index (χ3n) is 11.5. The van der Waals surface area contributed by atoms with E-state index in [1.807, 2.05) is 54.7 Å². The van der Waals surface area contributed by atoms with Crippen LogP contribution in [0.1, 0.15) is 233 Å². The average molecular weight is 927 g/mol. The molecule has 3 N–H and O–H groups in total. The number of esters is 3. The van der Waals surface area contributed by atoms with Gasteiger partial charge in [-0.2, -0.15) is 0 Å². The van der Waals surface area contributed by atoms with Gasteiger partial charge in [0.25, 0.3) is 0 Å². The van der Waals surface area contributed by atoms with Gasteiger partial charge in [-0.05, 0) is 77.0 Å². The van der Waals surface area contributed by atoms with Crippen molar-refractivity contribution in [3.8, 4) is 0 Å². The number of allylic oxidation sites excluding steroid dienone is 9. The summed E-state index contributed by atoms with van der Waals surface area (Å²) in [6.45, 7) is 6.20. The predicted octanol–water partition coefficient (Wildman–Crippen LogP) is 14.3. The molecule has 9 heteroatoms. The van der Waals surface area contributed by atoms with E-state index in [-0.39, 0.29) is 68.7 Å². The number of aliphatic hydroxyl groups is 3. The SMILES string of the molecule is CCCCCC(O)/C=C/C=C\CCCCCCCC(=O)OCC(COC(=O)CCCCCCC/C=C/C=C/C(O)CCCCC)OC(=O)CCCCCCC/C=C/C=C/C(O)CCCCC. The van der Waals surface area contributed by atoms with Gasteiger partial charge in [0.05, 0.1) is 18.3 Å². The van der Waals surface area contributed by atoms with E-state index in [4.69, 9.17) is 14.2 Å². The van der Waals surface area contributed by atoms with E-state index in [1.165, 1.54) is 0 Å². The quantitative estimate of drug-likeness (QED) is 0.0235. The molecule has 0 aliphatic heterocycles. The minimum atomic E-state index is -0.844. The summed E-state index contributed by atoms with van der Waals surface area (Å²) in [5, 5.41) is 29.9. The Balaban J connectivity index is 4.57. The number of hydrogen-bond acceptors (Lipinski definition) is 9. The summed E-state index contributed by atoms with van der Waals surface area (Å²) in [4.78, 5) is 38.0. The summed E-state index contributed by atoms with van der Waals surface area (Å²) >= 11 is 0. The van der Waals surface area contributed by atoms with Crippen molar-refractivity contribution >= 4 is 17.9 Å². The first-order valence-electron chi connectivity index (χ1n) is 26.8. The summed E-state index contributed by atoms with van der Waals surface area (Å²) in [6, 6.07) is 0. The van der Waals surface area contributed by atoms with Gasteiger partial charge in [-0.3, -0.25) is 14.4 Å². The summed E-state index contributed by atoms with van der Waals surface area (Å²) < 4.78 is 16.7. The molecule has 0 amide bonds. The van der Waals surface area contributed by atoms with E-state index in [1.54, 1.807) is 0 Å². The first kappa shape index (κ1) is 62.7. The Morgan fingerprint density at radius 2 is 0.682 bits per heavy atom. The number of hydrogen-bond donors (Lipinski definition) is 3. The smallest absolute Gasteiger partial charge is 0.306 e. The molecule has 380 valence electrons. The summed E-state index contributed by atoms with van der Waals surface area (Å²) in [5.41, 5.74) is 0. The molecular weight excluding hydrogens is 829 g/mol. The lowest BCUT2D eigenvalue weighted by Crippen LogP contribution is -2.30. The van der Waals surface area contributed by atoms with Gasteiger partial charge < -0.3 is 29.5 Å². The maximum Gasteiger partial charge on any atom is 0.306 e. The molecule has 0 fully saturated rings. The van der Waals surface area contributed by atoms with Gasteiger partial charge in [0, 0.05) is 19.3 Å². The summed E-state index contributed by atoms with van der Waals surface area (Å²) in [6.07, 6.45) is 52.5. The standard InChI is InChI=1S/C57H98O9/c1-4-7-31-40-51(58)43-34-25-19-13-10-16-22-28-37-46-55(61)64-49-54(66-57(63)48-39-30-24-18-12-15-21-27-36-45-53(60)42-33-9-6-3)50-65-56(62)47-38-29-23-17-11-14-20-26-35-44-52(59)41-32-8-5-2/h19-21,25-27,34-36,43-45,51-54,58-60H,4-18,22-24,28-33,37-42,46-50H2,1-3H3/b25-19-,26-20+,27-21+,43-34+,44-35+,45-36+. The Hall–Kier alpha value is -3.27. The highest BCUT2D eigenvalue weighted by Gasteiger charge is 2.19. The van der Waals surface area contributed by atoms with Crippen molar-refractivity contribution in [3.63, 3.8) is 0 Å². The Bertz CT molecular complexity index is 1230. The Labute approximate surface area is 403 Å². The molecule has 0 aromatic rings. The van der Waals surface area contributed by atoms with E-state index in [0.717, 1.165) is 186 Å². The number of carbonyl (C=O) groups excluding carboxylic acids is 3. The first-order chi connectivity index (χ1) is 32.2. The van der Waals surface area contributed by atoms with Crippen LogP contribution in [0.15, 0.2) is 72.9 Å². The zero-order valence-electron chi connectivity index (χ0n) is 42.3. The topological polar surface area (TPSA) is 140 Å². The monoisotopic (exact) mass is 927 g/mol. The molecule has 0 aliphatic carbocycles. The van der Waals surface area contributed by atoms with E-state index >= 15 is 0 Å². The highest BCUT2D eigenvalue weighted by Crippen LogP contribution is 2.14. The third-order valence-corrected chi connectivity index (χ3v) is 11.5. The van der Waals surface area contributed by atoms with Crippen molar-refractivity contribution < 1.29 is 43.9 Å². The molecule has 4 atom stereocenters. The predicted molar refractivity (Wildman–Crippen MR) is 274 cm³/mol. The Kier molecular flexibility index (Phi) is 47.2. The lowest BCUT2D eigenvalue weighted by molar-refractivity contribution is -0.167. The van der Waals surface area contributed by atoms with E-state index in [0.29, 0.717) is 6.42 Å². The van der Waals surface area contributed by atoms with E-state index in [2.05, 4.69) is 39.0 Å². The maximum absolute atomic E-state index is 12.8. The van der Waals surface area contributed by atoms with Gasteiger partial charge in [0.15, 0.2) is 6.10 Å². The minimum absolute atomic E-state index is 0.140. The van der Waals surface area contributed by atoms with Crippen molar-refractivity contribution in [2.75, 3.05) is 13.2 Å². The molecule has 0 heterocycles. The second-order valence-corrected chi connectivity index (χ2v) is 18.0. The van der Waals surface area contributed by atoms with Crippen LogP contribution in [0.5, 0.6) is 0 Å². The van der Waals surface area contributed by atoms with Gasteiger partial charge in [-0.1, -0.05) is 209 Å². The number of ether oxygens (including phenoxy) is 3. The Morgan fingerprint density at radius 3 is 1.02 bits per heavy atom. The molecule has 0 aromatic heterocycles. The molecule has 0 saturated heterocycles. The van der Waals surface area contributed by atoms with Crippen molar-refractivity contribution in [1.82, 2.24) is 0 Å². The van der Waals surface area contributed by atoms with Crippen LogP contribution in [-0.2, 0) is 28.6 Å². The fourth-order valence-corrected chi connectivity index (χ4v) is 7.26. The molecule has 0 saturated carbocycles. The van der Waals surface area contributed by atoms with Crippen molar-refractivity contribution in [3.05, 3.63) is 72.9 Å². The van der Waals surface area contributed by atoms with Crippen LogP contribution in [0.3, 0.4) is 0 Å². The van der Waals surface area contributed by atoms with Crippen molar-refractivity contribution in [2.24, 2.45) is 0 Å². The van der Waals surface area contributed by atoms with Crippen LogP contribution in [0.4, 0.5) is 0 Å². The average Bonchev–Trinajstić information content (AvgIpc) is 3.30. The molecule has 0 spiro atoms. The third kappa shape index (κ3) is 47.2. The molecule has 0 radical (unpaired) electrons. The molecular formula is C57H98O9. The number of aliphatic hydroxyl groups excluding tert-OH is 3. The van der Waals surface area contributed by atoms with Gasteiger partial charge >= 0.3 is 17.9 Å². The normalized spacial score (nSPS) is 14.1. The minimum Gasteiger partial charge on any atom is -0.462 e. The summed E-state index contributed by atoms with van der Waals surface area (Å²) in [7, 11) is 0. The molecule has 0 aromatic carbocycles. The number of carbonyl (C=O) groups is 3. The molecule has 0 bridgehead atoms. The second kappa shape index (κ2) is 49.6. The fourth-order valence-electron chi connectivity index (χ4n) is 7.26. The first-order valence-corrected chi connectivity index (χ1v) is 26.8. The number of unbranched alkanes of at least 4 members (excludes halogenated alkanes) is 21. The van der Waals surface area contributed by atoms with Crippen LogP contribution in [0, 0.1) is 0 Å². The van der Waals surface area contributed by atoms with Crippen LogP contribution < -0.4 is 0 Å². The van der Waals surface area contributed by atoms with Crippen LogP contribution >= 0.6 is 0 Å². The van der Waals surface area contributed by atoms with Crippen molar-refractivity contribution in [2.45, 2.75) is 257 Å². The zero-order chi connectivity index (χ0) is 48.4. The zero-order valence-corrected chi connectivity index (χ0v) is 42.3. The van der Waals surface area contributed by atoms with Gasteiger partial charge in [0.1, 0.15) is 13.2 Å². The van der Waals surface area contributed by atoms with Gasteiger partial charge in [0.2, 0.25) is 0 Å². The molecule has 0 rings (SSSR count). The van der Waals surface area contributed by atoms with E-state index < -0.39 is 6.10 Å². The Morgan fingerprint density at radius 1 is 0.379 bits per heavy atom. The van der Waals surface area contributed by atoms with Crippen LogP contribution in [0.25, 0.3) is 0 Å². The highest BCUT2D eigenvalue weighted by atomic mass is 16.6. The van der Waals surface area contributed by atoms with Gasteiger partial charge in [-0.25, -0.2) is 0 Å². The maximum atomic E-state index is 12.8. The largest absolute Gasteiger partial charge is 0.462 e.